The molecular weight excluding hydrogens is 385 g/mol. The van der Waals surface area contributed by atoms with Gasteiger partial charge in [-0.15, -0.1) is 0 Å². The van der Waals surface area contributed by atoms with Gasteiger partial charge in [0, 0.05) is 23.8 Å². The molecule has 0 heterocycles. The third-order valence-electron chi connectivity index (χ3n) is 4.28. The first-order valence-corrected chi connectivity index (χ1v) is 10.3. The lowest BCUT2D eigenvalue weighted by Crippen LogP contribution is -2.35. The average Bonchev–Trinajstić information content (AvgIpc) is 2.64. The molecule has 0 aliphatic heterocycles. The molecule has 0 spiro atoms. The molecule has 6 nitrogen and oxygen atoms in total. The highest BCUT2D eigenvalue weighted by Crippen LogP contribution is 2.24. The summed E-state index contributed by atoms with van der Waals surface area (Å²) < 4.78 is 43.9. The number of aliphatic hydroxyl groups excluding tert-OH is 1. The van der Waals surface area contributed by atoms with E-state index in [0.717, 1.165) is 0 Å². The molecule has 0 saturated heterocycles. The number of amides is 1. The minimum atomic E-state index is -3.76. The van der Waals surface area contributed by atoms with Crippen molar-refractivity contribution in [2.24, 2.45) is 5.41 Å². The van der Waals surface area contributed by atoms with Crippen LogP contribution in [-0.4, -0.2) is 45.5 Å². The number of anilines is 1. The topological polar surface area (TPSA) is 92.7 Å². The maximum Gasteiger partial charge on any atom is 0.255 e. The standard InChI is InChI=1S/C20H24FNO5S/c1-14-9-16(7-8-18(14)21)22-19(24)15-5-4-6-17(10-15)28(25,26)13-20(2,11-23)12-27-3/h4-10,23H,11-13H2,1-3H3,(H,22,24). The number of carbonyl (C=O) groups is 1. The molecule has 0 aliphatic carbocycles. The van der Waals surface area contributed by atoms with Crippen molar-refractivity contribution in [2.45, 2.75) is 18.7 Å². The minimum Gasteiger partial charge on any atom is -0.396 e. The molecule has 28 heavy (non-hydrogen) atoms. The number of rotatable bonds is 8. The van der Waals surface area contributed by atoms with Gasteiger partial charge in [0.2, 0.25) is 0 Å². The number of hydrogen-bond acceptors (Lipinski definition) is 5. The molecule has 1 amide bonds. The van der Waals surface area contributed by atoms with E-state index in [0.29, 0.717) is 11.3 Å². The predicted octanol–water partition coefficient (Wildman–Crippen LogP) is 2.81. The van der Waals surface area contributed by atoms with Gasteiger partial charge >= 0.3 is 0 Å². The quantitative estimate of drug-likeness (QED) is 0.699. The summed E-state index contributed by atoms with van der Waals surface area (Å²) in [4.78, 5) is 12.5. The van der Waals surface area contributed by atoms with Crippen molar-refractivity contribution in [3.8, 4) is 0 Å². The number of ether oxygens (including phenoxy) is 1. The van der Waals surface area contributed by atoms with E-state index in [2.05, 4.69) is 5.32 Å². The number of aliphatic hydroxyl groups is 1. The molecule has 0 saturated carbocycles. The van der Waals surface area contributed by atoms with Crippen molar-refractivity contribution >= 4 is 21.4 Å². The number of aryl methyl sites for hydroxylation is 1. The molecular formula is C20H24FNO5S. The monoisotopic (exact) mass is 409 g/mol. The molecule has 2 rings (SSSR count). The van der Waals surface area contributed by atoms with Gasteiger partial charge < -0.3 is 15.2 Å². The predicted molar refractivity (Wildman–Crippen MR) is 105 cm³/mol. The van der Waals surface area contributed by atoms with Gasteiger partial charge in [-0.2, -0.15) is 0 Å². The summed E-state index contributed by atoms with van der Waals surface area (Å²) in [6.45, 7) is 2.91. The lowest BCUT2D eigenvalue weighted by molar-refractivity contribution is 0.0576. The van der Waals surface area contributed by atoms with Crippen LogP contribution in [0.3, 0.4) is 0 Å². The van der Waals surface area contributed by atoms with Gasteiger partial charge in [-0.1, -0.05) is 13.0 Å². The summed E-state index contributed by atoms with van der Waals surface area (Å²) >= 11 is 0. The smallest absolute Gasteiger partial charge is 0.255 e. The zero-order valence-electron chi connectivity index (χ0n) is 16.0. The fraction of sp³-hybridized carbons (Fsp3) is 0.350. The largest absolute Gasteiger partial charge is 0.396 e. The second-order valence-electron chi connectivity index (χ2n) is 7.11. The third-order valence-corrected chi connectivity index (χ3v) is 6.33. The summed E-state index contributed by atoms with van der Waals surface area (Å²) in [5.41, 5.74) is -0.0153. The molecule has 2 N–H and O–H groups in total. The fourth-order valence-electron chi connectivity index (χ4n) is 2.78. The molecule has 0 fully saturated rings. The van der Waals surface area contributed by atoms with Gasteiger partial charge in [-0.05, 0) is 48.9 Å². The number of nitrogens with one attached hydrogen (secondary N) is 1. The first-order valence-electron chi connectivity index (χ1n) is 8.60. The Hall–Kier alpha value is -2.29. The third kappa shape index (κ3) is 5.37. The second kappa shape index (κ2) is 8.81. The van der Waals surface area contributed by atoms with E-state index in [4.69, 9.17) is 4.74 Å². The van der Waals surface area contributed by atoms with Crippen molar-refractivity contribution < 1.29 is 27.4 Å². The van der Waals surface area contributed by atoms with E-state index in [-0.39, 0.29) is 35.2 Å². The summed E-state index contributed by atoms with van der Waals surface area (Å²) in [6, 6.07) is 9.82. The van der Waals surface area contributed by atoms with E-state index in [1.54, 1.807) is 13.8 Å². The van der Waals surface area contributed by atoms with Crippen LogP contribution in [0.4, 0.5) is 10.1 Å². The number of halogens is 1. The Labute approximate surface area is 164 Å². The van der Waals surface area contributed by atoms with Gasteiger partial charge in [0.25, 0.3) is 5.91 Å². The van der Waals surface area contributed by atoms with Crippen LogP contribution in [0.1, 0.15) is 22.8 Å². The van der Waals surface area contributed by atoms with Crippen LogP contribution in [0, 0.1) is 18.2 Å². The first-order chi connectivity index (χ1) is 13.1. The van der Waals surface area contributed by atoms with Gasteiger partial charge in [0.15, 0.2) is 9.84 Å². The van der Waals surface area contributed by atoms with Crippen LogP contribution in [0.15, 0.2) is 47.4 Å². The first kappa shape index (κ1) is 22.0. The zero-order valence-corrected chi connectivity index (χ0v) is 16.8. The molecule has 2 aromatic rings. The Bertz CT molecular complexity index is 961. The van der Waals surface area contributed by atoms with E-state index < -0.39 is 21.2 Å². The van der Waals surface area contributed by atoms with Crippen LogP contribution < -0.4 is 5.32 Å². The average molecular weight is 409 g/mol. The zero-order chi connectivity index (χ0) is 20.9. The highest BCUT2D eigenvalue weighted by atomic mass is 32.2. The Morgan fingerprint density at radius 2 is 1.96 bits per heavy atom. The van der Waals surface area contributed by atoms with Gasteiger partial charge in [0.05, 0.1) is 23.9 Å². The van der Waals surface area contributed by atoms with Gasteiger partial charge in [0.1, 0.15) is 5.82 Å². The SMILES string of the molecule is COCC(C)(CO)CS(=O)(=O)c1cccc(C(=O)Nc2ccc(F)c(C)c2)c1. The normalized spacial score (nSPS) is 13.8. The minimum absolute atomic E-state index is 0.0220. The summed E-state index contributed by atoms with van der Waals surface area (Å²) in [6.07, 6.45) is 0. The fourth-order valence-corrected chi connectivity index (χ4v) is 4.63. The van der Waals surface area contributed by atoms with Crippen LogP contribution in [-0.2, 0) is 14.6 Å². The van der Waals surface area contributed by atoms with E-state index in [9.17, 15) is 22.7 Å². The molecule has 1 atom stereocenters. The van der Waals surface area contributed by atoms with Crippen molar-refractivity contribution in [1.82, 2.24) is 0 Å². The van der Waals surface area contributed by atoms with E-state index in [1.165, 1.54) is 49.6 Å². The van der Waals surface area contributed by atoms with Crippen molar-refractivity contribution in [3.63, 3.8) is 0 Å². The number of benzene rings is 2. The van der Waals surface area contributed by atoms with Crippen LogP contribution in [0.5, 0.6) is 0 Å². The van der Waals surface area contributed by atoms with E-state index in [1.807, 2.05) is 0 Å². The molecule has 8 heteroatoms. The highest BCUT2D eigenvalue weighted by Gasteiger charge is 2.31. The van der Waals surface area contributed by atoms with Crippen LogP contribution >= 0.6 is 0 Å². The van der Waals surface area contributed by atoms with E-state index >= 15 is 0 Å². The number of carbonyl (C=O) groups excluding carboxylic acids is 1. The molecule has 0 aliphatic rings. The summed E-state index contributed by atoms with van der Waals surface area (Å²) in [7, 11) is -2.33. The number of hydrogen-bond donors (Lipinski definition) is 2. The highest BCUT2D eigenvalue weighted by molar-refractivity contribution is 7.91. The molecule has 2 aromatic carbocycles. The van der Waals surface area contributed by atoms with Gasteiger partial charge in [-0.25, -0.2) is 12.8 Å². The van der Waals surface area contributed by atoms with Gasteiger partial charge in [-0.3, -0.25) is 4.79 Å². The van der Waals surface area contributed by atoms with Crippen molar-refractivity contribution in [1.29, 1.82) is 0 Å². The summed E-state index contributed by atoms with van der Waals surface area (Å²) in [5, 5.41) is 12.2. The van der Waals surface area contributed by atoms with Crippen LogP contribution in [0.25, 0.3) is 0 Å². The lowest BCUT2D eigenvalue weighted by atomic mass is 9.96. The van der Waals surface area contributed by atoms with Crippen molar-refractivity contribution in [3.05, 3.63) is 59.4 Å². The van der Waals surface area contributed by atoms with Crippen LogP contribution in [0.2, 0.25) is 0 Å². The maximum atomic E-state index is 13.4. The Kier molecular flexibility index (Phi) is 6.92. The lowest BCUT2D eigenvalue weighted by Gasteiger charge is -2.25. The second-order valence-corrected chi connectivity index (χ2v) is 9.10. The Morgan fingerprint density at radius 1 is 1.25 bits per heavy atom. The molecule has 0 radical (unpaired) electrons. The molecule has 1 unspecified atom stereocenters. The molecule has 0 bridgehead atoms. The molecule has 0 aromatic heterocycles. The Balaban J connectivity index is 2.24. The molecule has 152 valence electrons. The summed E-state index contributed by atoms with van der Waals surface area (Å²) in [5.74, 6) is -1.22. The number of methoxy groups -OCH3 is 1. The Morgan fingerprint density at radius 3 is 2.57 bits per heavy atom. The number of sulfone groups is 1. The maximum absolute atomic E-state index is 13.4. The van der Waals surface area contributed by atoms with Crippen molar-refractivity contribution in [2.75, 3.05) is 31.4 Å².